The molecule has 0 aliphatic rings. The van der Waals surface area contributed by atoms with Crippen LogP contribution in [0.5, 0.6) is 0 Å². The number of aromatic nitrogens is 1. The minimum atomic E-state index is 0.898. The normalized spacial score (nSPS) is 11.5. The Morgan fingerprint density at radius 2 is 0.730 bits per heavy atom. The molecule has 0 N–H and O–H groups in total. The summed E-state index contributed by atoms with van der Waals surface area (Å²) in [6.07, 6.45) is 0. The lowest BCUT2D eigenvalue weighted by Crippen LogP contribution is -2.09. The van der Waals surface area contributed by atoms with Gasteiger partial charge in [0.25, 0.3) is 0 Å². The third-order valence-corrected chi connectivity index (χ3v) is 12.4. The number of fused-ring (bicyclic) bond motifs is 6. The Hall–Kier alpha value is -8.40. The number of nitrogens with zero attached hydrogens (tertiary/aromatic N) is 2. The number of anilines is 3. The maximum atomic E-state index is 6.25. The molecule has 0 amide bonds. The van der Waals surface area contributed by atoms with E-state index in [1.54, 1.807) is 0 Å². The number of rotatable bonds is 8. The first kappa shape index (κ1) is 36.5. The van der Waals surface area contributed by atoms with Crippen LogP contribution in [0.25, 0.3) is 93.9 Å². The quantitative estimate of drug-likeness (QED) is 0.153. The number of para-hydroxylation sites is 3. The second kappa shape index (κ2) is 15.3. The van der Waals surface area contributed by atoms with Crippen molar-refractivity contribution in [2.24, 2.45) is 0 Å². The highest BCUT2D eigenvalue weighted by Crippen LogP contribution is 2.41. The molecule has 2 heterocycles. The maximum absolute atomic E-state index is 6.25. The molecule has 12 rings (SSSR count). The molecular weight excluding hydrogens is 765 g/mol. The van der Waals surface area contributed by atoms with Gasteiger partial charge in [0.1, 0.15) is 11.2 Å². The van der Waals surface area contributed by atoms with Gasteiger partial charge < -0.3 is 13.9 Å². The smallest absolute Gasteiger partial charge is 0.136 e. The zero-order valence-corrected chi connectivity index (χ0v) is 34.4. The average Bonchev–Trinajstić information content (AvgIpc) is 3.91. The SMILES string of the molecule is c1ccc(-c2ccc(-c3ccc(N(c4ccc(-c5cccc(-n6c7ccccc7c7ccccc76)c5)cc4)c4ccc(-c5cccc6oc7ccccc7c56)cc4)cc3)cc2)cc1. The first-order valence-electron chi connectivity index (χ1n) is 21.5. The van der Waals surface area contributed by atoms with E-state index < -0.39 is 0 Å². The number of furan rings is 1. The predicted molar refractivity (Wildman–Crippen MR) is 264 cm³/mol. The summed E-state index contributed by atoms with van der Waals surface area (Å²) in [5, 5.41) is 4.79. The fourth-order valence-electron chi connectivity index (χ4n) is 9.37. The molecule has 0 aliphatic carbocycles. The van der Waals surface area contributed by atoms with Crippen molar-refractivity contribution in [3.05, 3.63) is 243 Å². The van der Waals surface area contributed by atoms with E-state index >= 15 is 0 Å². The van der Waals surface area contributed by atoms with Gasteiger partial charge in [0.2, 0.25) is 0 Å². The van der Waals surface area contributed by atoms with Crippen LogP contribution in [-0.2, 0) is 0 Å². The van der Waals surface area contributed by atoms with Crippen LogP contribution in [0.2, 0.25) is 0 Å². The monoisotopic (exact) mass is 804 g/mol. The summed E-state index contributed by atoms with van der Waals surface area (Å²) >= 11 is 0. The van der Waals surface area contributed by atoms with Crippen LogP contribution in [0.1, 0.15) is 0 Å². The summed E-state index contributed by atoms with van der Waals surface area (Å²) in [5.74, 6) is 0. The number of benzene rings is 10. The minimum absolute atomic E-state index is 0.898. The zero-order valence-electron chi connectivity index (χ0n) is 34.4. The Morgan fingerprint density at radius 1 is 0.302 bits per heavy atom. The highest BCUT2D eigenvalue weighted by Gasteiger charge is 2.17. The summed E-state index contributed by atoms with van der Waals surface area (Å²) in [4.78, 5) is 2.35. The van der Waals surface area contributed by atoms with Crippen LogP contribution in [0.15, 0.2) is 247 Å². The summed E-state index contributed by atoms with van der Waals surface area (Å²) in [5.41, 5.74) is 18.0. The number of hydrogen-bond donors (Lipinski definition) is 0. The standard InChI is InChI=1S/C60H40N2O/c1-2-12-41(13-3-1)42-24-26-43(27-25-42)44-28-34-48(35-29-44)61(50-38-32-46(33-39-50)52-19-11-23-59-60(52)55-18-6-9-22-58(55)63-59)49-36-30-45(31-37-49)47-14-10-15-51(40-47)62-56-20-7-4-16-53(56)54-17-5-8-21-57(54)62/h1-40H. The largest absolute Gasteiger partial charge is 0.456 e. The molecule has 0 unspecified atom stereocenters. The van der Waals surface area contributed by atoms with Crippen molar-refractivity contribution in [1.29, 1.82) is 0 Å². The molecule has 0 aliphatic heterocycles. The van der Waals surface area contributed by atoms with Crippen molar-refractivity contribution in [2.45, 2.75) is 0 Å². The van der Waals surface area contributed by atoms with E-state index in [4.69, 9.17) is 4.42 Å². The van der Waals surface area contributed by atoms with Gasteiger partial charge in [0, 0.05) is 44.3 Å². The Balaban J connectivity index is 0.913. The predicted octanol–water partition coefficient (Wildman–Crippen LogP) is 16.8. The van der Waals surface area contributed by atoms with Crippen LogP contribution in [0.4, 0.5) is 17.1 Å². The van der Waals surface area contributed by atoms with E-state index in [1.165, 1.54) is 49.6 Å². The molecule has 3 heteroatoms. The highest BCUT2D eigenvalue weighted by molar-refractivity contribution is 6.12. The van der Waals surface area contributed by atoms with Gasteiger partial charge in [-0.3, -0.25) is 0 Å². The Kier molecular flexibility index (Phi) is 8.83. The van der Waals surface area contributed by atoms with Crippen molar-refractivity contribution in [1.82, 2.24) is 4.57 Å². The van der Waals surface area contributed by atoms with Gasteiger partial charge in [-0.05, 0) is 117 Å². The number of hydrogen-bond acceptors (Lipinski definition) is 2. The van der Waals surface area contributed by atoms with Crippen LogP contribution < -0.4 is 4.90 Å². The molecule has 296 valence electrons. The van der Waals surface area contributed by atoms with Gasteiger partial charge in [-0.15, -0.1) is 0 Å². The Labute approximate surface area is 366 Å². The van der Waals surface area contributed by atoms with Crippen LogP contribution in [0, 0.1) is 0 Å². The van der Waals surface area contributed by atoms with Gasteiger partial charge in [-0.25, -0.2) is 0 Å². The first-order chi connectivity index (χ1) is 31.2. The van der Waals surface area contributed by atoms with Gasteiger partial charge >= 0.3 is 0 Å². The van der Waals surface area contributed by atoms with E-state index in [1.807, 2.05) is 12.1 Å². The van der Waals surface area contributed by atoms with Gasteiger partial charge in [0.15, 0.2) is 0 Å². The van der Waals surface area contributed by atoms with E-state index in [9.17, 15) is 0 Å². The molecule has 0 saturated carbocycles. The molecule has 0 radical (unpaired) electrons. The summed E-state index contributed by atoms with van der Waals surface area (Å²) in [6.45, 7) is 0. The van der Waals surface area contributed by atoms with E-state index in [2.05, 4.69) is 240 Å². The van der Waals surface area contributed by atoms with Crippen molar-refractivity contribution >= 4 is 60.8 Å². The molecule has 3 nitrogen and oxygen atoms in total. The third kappa shape index (κ3) is 6.46. The second-order valence-electron chi connectivity index (χ2n) is 16.1. The lowest BCUT2D eigenvalue weighted by Gasteiger charge is -2.26. The molecule has 0 bridgehead atoms. The molecule has 10 aromatic carbocycles. The Bertz CT molecular complexity index is 3530. The van der Waals surface area contributed by atoms with Crippen LogP contribution in [0.3, 0.4) is 0 Å². The topological polar surface area (TPSA) is 21.3 Å². The summed E-state index contributed by atoms with van der Waals surface area (Å²) in [7, 11) is 0. The molecule has 63 heavy (non-hydrogen) atoms. The fraction of sp³-hybridized carbons (Fsp3) is 0. The van der Waals surface area contributed by atoms with Crippen LogP contribution >= 0.6 is 0 Å². The maximum Gasteiger partial charge on any atom is 0.136 e. The molecule has 0 saturated heterocycles. The highest BCUT2D eigenvalue weighted by atomic mass is 16.3. The lowest BCUT2D eigenvalue weighted by molar-refractivity contribution is 0.669. The lowest BCUT2D eigenvalue weighted by atomic mass is 9.98. The Morgan fingerprint density at radius 3 is 1.33 bits per heavy atom. The van der Waals surface area contributed by atoms with E-state index in [-0.39, 0.29) is 0 Å². The third-order valence-electron chi connectivity index (χ3n) is 12.4. The van der Waals surface area contributed by atoms with Gasteiger partial charge in [0.05, 0.1) is 11.0 Å². The van der Waals surface area contributed by atoms with Gasteiger partial charge in [-0.2, -0.15) is 0 Å². The molecule has 2 aromatic heterocycles. The summed E-state index contributed by atoms with van der Waals surface area (Å²) in [6, 6.07) is 87.1. The molecule has 0 spiro atoms. The molecule has 12 aromatic rings. The fourth-order valence-corrected chi connectivity index (χ4v) is 9.37. The molecule has 0 fully saturated rings. The molecule has 0 atom stereocenters. The van der Waals surface area contributed by atoms with E-state index in [0.717, 1.165) is 61.4 Å². The zero-order chi connectivity index (χ0) is 41.7. The van der Waals surface area contributed by atoms with Crippen LogP contribution in [-0.4, -0.2) is 4.57 Å². The van der Waals surface area contributed by atoms with Crippen molar-refractivity contribution in [3.8, 4) is 50.2 Å². The van der Waals surface area contributed by atoms with Crippen molar-refractivity contribution in [2.75, 3.05) is 4.90 Å². The average molecular weight is 805 g/mol. The van der Waals surface area contributed by atoms with Gasteiger partial charge in [-0.1, -0.05) is 170 Å². The first-order valence-corrected chi connectivity index (χ1v) is 21.5. The van der Waals surface area contributed by atoms with Crippen molar-refractivity contribution in [3.63, 3.8) is 0 Å². The van der Waals surface area contributed by atoms with Crippen molar-refractivity contribution < 1.29 is 4.42 Å². The summed E-state index contributed by atoms with van der Waals surface area (Å²) < 4.78 is 8.63. The molecular formula is C60H40N2O. The van der Waals surface area contributed by atoms with E-state index in [0.29, 0.717) is 0 Å². The minimum Gasteiger partial charge on any atom is -0.456 e. The second-order valence-corrected chi connectivity index (χ2v) is 16.1.